The smallest absolute Gasteiger partial charge is 0.0707 e. The van der Waals surface area contributed by atoms with Crippen LogP contribution in [0.3, 0.4) is 0 Å². The van der Waals surface area contributed by atoms with Gasteiger partial charge in [0.2, 0.25) is 0 Å². The van der Waals surface area contributed by atoms with Gasteiger partial charge < -0.3 is 30.1 Å². The van der Waals surface area contributed by atoms with E-state index in [1.807, 2.05) is 11.9 Å². The molecule has 0 radical (unpaired) electrons. The Labute approximate surface area is 531 Å². The van der Waals surface area contributed by atoms with Gasteiger partial charge in [0.15, 0.2) is 0 Å². The molecular weight excluding hydrogens is 1090 g/mol. The molecule has 11 nitrogen and oxygen atoms in total. The van der Waals surface area contributed by atoms with Crippen LogP contribution >= 0.6 is 11.9 Å². The van der Waals surface area contributed by atoms with Crippen LogP contribution in [0.25, 0.3) is 33.3 Å². The molecule has 5 saturated heterocycles. The quantitative estimate of drug-likeness (QED) is 0.0245. The van der Waals surface area contributed by atoms with Crippen LogP contribution in [0.15, 0.2) is 104 Å². The first-order valence-electron chi connectivity index (χ1n) is 34.3. The van der Waals surface area contributed by atoms with Crippen molar-refractivity contribution in [1.82, 2.24) is 44.3 Å². The maximum absolute atomic E-state index is 8.53. The standard InChI is InChI=1S/C64H94N10.C11H19NS/c1-11-69(10)42-50-27-32-72(43-50)62(51-20-13-14-21-51)47(6)68-59(48(7)74-31-16-15-29-67-74)36-49-19-17-22-52(35-49)53-24-25-60-56(37-53)58(39-64(8,9)28-26-45(3)4)63(73(60)12-2)57-38-55(41-66-61(57)46(5)40-65)71-34-33-70-30-18-23-54(70)44-71;1-5-9-10(8-6-7-8)12(9)13-11(2,3)4/h17,19,22,24-25,35,37-38,40-41,46,50-51,54,59,62,65,67-68H,3,6-7,11-16,18,20-21,23,26-34,36,39,42-44H2,1-2,4-5,8-10H3;5,8-10H,1,6-7H2,2-4H3. The van der Waals surface area contributed by atoms with Crippen molar-refractivity contribution >= 4 is 34.8 Å². The lowest BCUT2D eigenvalue weighted by Crippen LogP contribution is -2.51. The van der Waals surface area contributed by atoms with E-state index in [0.717, 1.165) is 108 Å². The number of benzene rings is 2. The summed E-state index contributed by atoms with van der Waals surface area (Å²) in [6.07, 6.45) is 23.9. The fourth-order valence-corrected chi connectivity index (χ4v) is 16.9. The van der Waals surface area contributed by atoms with Crippen molar-refractivity contribution in [2.75, 3.05) is 77.4 Å². The van der Waals surface area contributed by atoms with Crippen molar-refractivity contribution < 1.29 is 0 Å². The SMILES string of the molecule is C=C(C)CCC(C)(C)Cc1c(-c2cc(N3CCN4CCCC4C3)cnc2C(C)C=N)n(CC)c2ccc(-c3cccc(CC(NC(=C)C(C4CCCC4)N4CCC(CN(C)CC)C4)C(=C)N4CCCCN4)c3)cc12.C=CC1C(C2CC2)N1SC(C)(C)C. The minimum absolute atomic E-state index is 0.00231. The Hall–Kier alpha value is -4.69. The Bertz CT molecular complexity index is 3020. The van der Waals surface area contributed by atoms with E-state index in [4.69, 9.17) is 23.6 Å². The van der Waals surface area contributed by atoms with Crippen molar-refractivity contribution in [1.29, 1.82) is 5.41 Å². The lowest BCUT2D eigenvalue weighted by atomic mass is 9.79. The molecule has 4 aromatic rings. The second-order valence-electron chi connectivity index (χ2n) is 29.5. The van der Waals surface area contributed by atoms with Gasteiger partial charge in [-0.05, 0) is 208 Å². The zero-order valence-corrected chi connectivity index (χ0v) is 56.6. The summed E-state index contributed by atoms with van der Waals surface area (Å²) < 4.78 is 5.44. The number of piperazine rings is 1. The predicted molar refractivity (Wildman–Crippen MR) is 373 cm³/mol. The number of aryl methyl sites for hydroxylation is 1. The Kier molecular flexibility index (Phi) is 21.5. The Morgan fingerprint density at radius 2 is 1.68 bits per heavy atom. The molecular formula is C75H113N11S. The van der Waals surface area contributed by atoms with E-state index in [1.165, 1.54) is 145 Å². The molecule has 7 fully saturated rings. The van der Waals surface area contributed by atoms with E-state index in [-0.39, 0.29) is 17.4 Å². The summed E-state index contributed by atoms with van der Waals surface area (Å²) in [7, 11) is 2.27. The molecule has 0 amide bonds. The van der Waals surface area contributed by atoms with Crippen LogP contribution < -0.4 is 15.6 Å². The number of hydrogen-bond donors (Lipinski definition) is 3. The average Bonchev–Trinajstić information content (AvgIpc) is 1.68. The van der Waals surface area contributed by atoms with E-state index in [9.17, 15) is 0 Å². The molecule has 8 atom stereocenters. The summed E-state index contributed by atoms with van der Waals surface area (Å²) in [5.74, 6) is 2.21. The summed E-state index contributed by atoms with van der Waals surface area (Å²) in [6, 6.07) is 21.4. The summed E-state index contributed by atoms with van der Waals surface area (Å²) >= 11 is 1.99. The number of hydrogen-bond acceptors (Lipinski definition) is 11. The topological polar surface area (TPSA) is 84.9 Å². The maximum Gasteiger partial charge on any atom is 0.0707 e. The molecule has 0 spiro atoms. The van der Waals surface area contributed by atoms with Crippen molar-refractivity contribution in [3.63, 3.8) is 0 Å². The van der Waals surface area contributed by atoms with Crippen LogP contribution in [0.2, 0.25) is 0 Å². The molecule has 87 heavy (non-hydrogen) atoms. The second-order valence-corrected chi connectivity index (χ2v) is 31.3. The fourth-order valence-electron chi connectivity index (χ4n) is 15.6. The minimum atomic E-state index is -0.118. The monoisotopic (exact) mass is 1200 g/mol. The number of likely N-dealkylation sites (tertiary alicyclic amines) is 1. The normalized spacial score (nSPS) is 24.0. The van der Waals surface area contributed by atoms with Gasteiger partial charge in [-0.3, -0.25) is 14.8 Å². The maximum atomic E-state index is 8.53. The molecule has 11 rings (SSSR count). The van der Waals surface area contributed by atoms with E-state index in [1.54, 1.807) is 6.21 Å². The van der Waals surface area contributed by atoms with Crippen LogP contribution in [0.1, 0.15) is 169 Å². The van der Waals surface area contributed by atoms with Gasteiger partial charge >= 0.3 is 0 Å². The van der Waals surface area contributed by atoms with Crippen LogP contribution in [-0.4, -0.2) is 147 Å². The molecule has 3 N–H and O–H groups in total. The van der Waals surface area contributed by atoms with Gasteiger partial charge in [0, 0.05) is 109 Å². The molecule has 7 heterocycles. The zero-order valence-electron chi connectivity index (χ0n) is 55.7. The zero-order chi connectivity index (χ0) is 61.7. The van der Waals surface area contributed by atoms with Crippen LogP contribution in [-0.2, 0) is 19.4 Å². The number of rotatable bonds is 26. The number of allylic oxidation sites excluding steroid dienone is 1. The first-order valence-corrected chi connectivity index (χ1v) is 35.1. The molecule has 2 aromatic carbocycles. The number of nitrogens with one attached hydrogen (secondary N) is 3. The molecule has 5 aliphatic heterocycles. The molecule has 2 saturated carbocycles. The van der Waals surface area contributed by atoms with Crippen molar-refractivity contribution in [2.45, 2.75) is 206 Å². The first-order chi connectivity index (χ1) is 41.8. The molecule has 2 aliphatic carbocycles. The van der Waals surface area contributed by atoms with Crippen molar-refractivity contribution in [3.8, 4) is 22.4 Å². The highest BCUT2D eigenvalue weighted by Crippen LogP contribution is 2.53. The van der Waals surface area contributed by atoms with Gasteiger partial charge in [0.05, 0.1) is 41.4 Å². The van der Waals surface area contributed by atoms with Crippen LogP contribution in [0, 0.1) is 28.6 Å². The van der Waals surface area contributed by atoms with E-state index in [2.05, 4.69) is 188 Å². The lowest BCUT2D eigenvalue weighted by molar-refractivity contribution is 0.172. The van der Waals surface area contributed by atoms with Gasteiger partial charge in [-0.15, -0.1) is 13.2 Å². The number of anilines is 1. The predicted octanol–water partition coefficient (Wildman–Crippen LogP) is 15.4. The number of hydrazine groups is 1. The Morgan fingerprint density at radius 1 is 0.897 bits per heavy atom. The summed E-state index contributed by atoms with van der Waals surface area (Å²) in [6.45, 7) is 50.3. The molecule has 8 unspecified atom stereocenters. The molecule has 12 heteroatoms. The highest BCUT2D eigenvalue weighted by molar-refractivity contribution is 7.98. The molecule has 7 aliphatic rings. The highest BCUT2D eigenvalue weighted by Gasteiger charge is 2.55. The first kappa shape index (κ1) is 65.3. The van der Waals surface area contributed by atoms with Crippen LogP contribution in [0.5, 0.6) is 0 Å². The Morgan fingerprint density at radius 3 is 2.37 bits per heavy atom. The van der Waals surface area contributed by atoms with E-state index < -0.39 is 0 Å². The van der Waals surface area contributed by atoms with E-state index >= 15 is 0 Å². The molecule has 474 valence electrons. The van der Waals surface area contributed by atoms with Gasteiger partial charge in [0.25, 0.3) is 0 Å². The lowest BCUT2D eigenvalue weighted by Gasteiger charge is -2.39. The highest BCUT2D eigenvalue weighted by atomic mass is 32.2. The number of aromatic nitrogens is 2. The largest absolute Gasteiger partial charge is 0.379 e. The number of nitrogens with zero attached hydrogens (tertiary/aromatic N) is 8. The van der Waals surface area contributed by atoms with E-state index in [0.29, 0.717) is 34.7 Å². The fraction of sp³-hybridized carbons (Fsp3) is 0.627. The number of fused-ring (bicyclic) bond motifs is 2. The minimum Gasteiger partial charge on any atom is -0.379 e. The summed E-state index contributed by atoms with van der Waals surface area (Å²) in [5.41, 5.74) is 18.3. The van der Waals surface area contributed by atoms with Gasteiger partial charge in [-0.25, -0.2) is 9.73 Å². The third kappa shape index (κ3) is 15.9. The molecule has 2 aromatic heterocycles. The van der Waals surface area contributed by atoms with Gasteiger partial charge in [-0.2, -0.15) is 0 Å². The summed E-state index contributed by atoms with van der Waals surface area (Å²) in [4.78, 5) is 15.8. The van der Waals surface area contributed by atoms with Gasteiger partial charge in [-0.1, -0.05) is 108 Å². The third-order valence-electron chi connectivity index (χ3n) is 20.7. The third-order valence-corrected chi connectivity index (χ3v) is 21.9. The van der Waals surface area contributed by atoms with Crippen molar-refractivity contribution in [2.24, 2.45) is 23.2 Å². The second kappa shape index (κ2) is 28.6. The summed E-state index contributed by atoms with van der Waals surface area (Å²) in [5, 5.41) is 16.3. The molecule has 0 bridgehead atoms. The Balaban J connectivity index is 0.000000567. The van der Waals surface area contributed by atoms with Gasteiger partial charge in [0.1, 0.15) is 0 Å². The average molecular weight is 1200 g/mol. The van der Waals surface area contributed by atoms with Crippen LogP contribution in [0.4, 0.5) is 5.69 Å². The van der Waals surface area contributed by atoms with Crippen molar-refractivity contribution in [3.05, 3.63) is 121 Å². The number of pyridine rings is 1.